The van der Waals surface area contributed by atoms with Crippen molar-refractivity contribution in [3.05, 3.63) is 53.6 Å². The molecule has 4 aromatic rings. The van der Waals surface area contributed by atoms with Crippen molar-refractivity contribution >= 4 is 23.2 Å². The minimum absolute atomic E-state index is 0.375. The predicted molar refractivity (Wildman–Crippen MR) is 115 cm³/mol. The van der Waals surface area contributed by atoms with E-state index in [-0.39, 0.29) is 0 Å². The Labute approximate surface area is 178 Å². The highest BCUT2D eigenvalue weighted by Gasteiger charge is 2.28. The lowest BCUT2D eigenvalue weighted by molar-refractivity contribution is 0.385. The van der Waals surface area contributed by atoms with Crippen molar-refractivity contribution in [3.8, 4) is 17.3 Å². The molecular formula is C21H22ClN7O. The fourth-order valence-corrected chi connectivity index (χ4v) is 4.34. The molecule has 1 N–H and O–H groups in total. The number of H-pyrrole nitrogens is 1. The van der Waals surface area contributed by atoms with E-state index < -0.39 is 0 Å². The van der Waals surface area contributed by atoms with Crippen LogP contribution in [0.5, 0.6) is 5.88 Å². The average molecular weight is 424 g/mol. The number of nitrogens with zero attached hydrogens (tertiary/aromatic N) is 6. The van der Waals surface area contributed by atoms with Crippen LogP contribution in [0, 0.1) is 5.92 Å². The highest BCUT2D eigenvalue weighted by Crippen LogP contribution is 2.33. The van der Waals surface area contributed by atoms with Crippen molar-refractivity contribution in [2.45, 2.75) is 19.3 Å². The molecule has 0 spiro atoms. The number of halogens is 1. The van der Waals surface area contributed by atoms with Gasteiger partial charge in [-0.2, -0.15) is 10.1 Å². The lowest BCUT2D eigenvalue weighted by Gasteiger charge is -2.36. The Morgan fingerprint density at radius 2 is 2.10 bits per heavy atom. The van der Waals surface area contributed by atoms with Crippen LogP contribution in [0.4, 0.5) is 5.95 Å². The standard InChI is InChI=1S/C21H22ClN7O/c1-13-5-14(15-7-24-25-8-15)11-28(10-13)21-26-17(6-20(27-21)30-2)18-9-23-19-4-3-16(22)12-29(18)19/h3-4,6-9,12-14H,5,10-11H2,1-2H3,(H,24,25)/t13-,14+/m1/s1. The number of anilines is 1. The number of piperidine rings is 1. The molecule has 4 aromatic heterocycles. The third-order valence-corrected chi connectivity index (χ3v) is 5.79. The third kappa shape index (κ3) is 3.47. The highest BCUT2D eigenvalue weighted by molar-refractivity contribution is 6.30. The highest BCUT2D eigenvalue weighted by atomic mass is 35.5. The summed E-state index contributed by atoms with van der Waals surface area (Å²) in [7, 11) is 1.62. The second kappa shape index (κ2) is 7.60. The van der Waals surface area contributed by atoms with Gasteiger partial charge in [-0.15, -0.1) is 0 Å². The molecule has 1 aliphatic rings. The minimum atomic E-state index is 0.375. The summed E-state index contributed by atoms with van der Waals surface area (Å²) in [6.45, 7) is 3.97. The van der Waals surface area contributed by atoms with Crippen LogP contribution in [-0.2, 0) is 0 Å². The predicted octanol–water partition coefficient (Wildman–Crippen LogP) is 3.81. The number of hydrogen-bond acceptors (Lipinski definition) is 6. The van der Waals surface area contributed by atoms with E-state index in [1.165, 1.54) is 5.56 Å². The van der Waals surface area contributed by atoms with Crippen molar-refractivity contribution in [3.63, 3.8) is 0 Å². The summed E-state index contributed by atoms with van der Waals surface area (Å²) in [5.74, 6) is 2.05. The van der Waals surface area contributed by atoms with E-state index in [0.717, 1.165) is 36.5 Å². The molecule has 2 atom stereocenters. The van der Waals surface area contributed by atoms with E-state index >= 15 is 0 Å². The number of methoxy groups -OCH3 is 1. The van der Waals surface area contributed by atoms with Crippen LogP contribution in [0.15, 0.2) is 43.0 Å². The van der Waals surface area contributed by atoms with Gasteiger partial charge in [0.25, 0.3) is 0 Å². The molecular weight excluding hydrogens is 402 g/mol. The maximum Gasteiger partial charge on any atom is 0.229 e. The molecule has 5 rings (SSSR count). The number of hydrogen-bond donors (Lipinski definition) is 1. The lowest BCUT2D eigenvalue weighted by Crippen LogP contribution is -2.39. The molecule has 30 heavy (non-hydrogen) atoms. The molecule has 9 heteroatoms. The van der Waals surface area contributed by atoms with Crippen molar-refractivity contribution in [2.75, 3.05) is 25.1 Å². The summed E-state index contributed by atoms with van der Waals surface area (Å²) in [6.07, 6.45) is 8.62. The number of imidazole rings is 1. The van der Waals surface area contributed by atoms with Crippen molar-refractivity contribution in [2.24, 2.45) is 5.92 Å². The first-order valence-electron chi connectivity index (χ1n) is 9.90. The Balaban J connectivity index is 1.55. The molecule has 1 saturated heterocycles. The largest absolute Gasteiger partial charge is 0.481 e. The first-order chi connectivity index (χ1) is 14.6. The number of aromatic amines is 1. The van der Waals surface area contributed by atoms with Gasteiger partial charge in [0.05, 0.1) is 35.9 Å². The van der Waals surface area contributed by atoms with Gasteiger partial charge in [0.2, 0.25) is 11.8 Å². The van der Waals surface area contributed by atoms with E-state index in [4.69, 9.17) is 21.3 Å². The molecule has 8 nitrogen and oxygen atoms in total. The fraction of sp³-hybridized carbons (Fsp3) is 0.333. The SMILES string of the molecule is COc1cc(-c2cnc3ccc(Cl)cn23)nc(N2C[C@H](C)C[C@H](c3cn[nH]c3)C2)n1. The van der Waals surface area contributed by atoms with Crippen LogP contribution < -0.4 is 9.64 Å². The van der Waals surface area contributed by atoms with Crippen LogP contribution in [0.1, 0.15) is 24.8 Å². The normalized spacial score (nSPS) is 19.4. The lowest BCUT2D eigenvalue weighted by atomic mass is 9.87. The molecule has 0 radical (unpaired) electrons. The fourth-order valence-electron chi connectivity index (χ4n) is 4.17. The van der Waals surface area contributed by atoms with Crippen LogP contribution in [-0.4, -0.2) is 49.7 Å². The maximum atomic E-state index is 6.21. The first-order valence-corrected chi connectivity index (χ1v) is 10.3. The number of nitrogens with one attached hydrogen (secondary N) is 1. The average Bonchev–Trinajstić information content (AvgIpc) is 3.43. The minimum Gasteiger partial charge on any atom is -0.481 e. The Kier molecular flexibility index (Phi) is 4.78. The molecule has 0 bridgehead atoms. The van der Waals surface area contributed by atoms with Gasteiger partial charge >= 0.3 is 0 Å². The van der Waals surface area contributed by atoms with Gasteiger partial charge in [0, 0.05) is 37.5 Å². The second-order valence-electron chi connectivity index (χ2n) is 7.79. The molecule has 0 aliphatic carbocycles. The molecule has 0 amide bonds. The number of aromatic nitrogens is 6. The summed E-state index contributed by atoms with van der Waals surface area (Å²) < 4.78 is 7.43. The van der Waals surface area contributed by atoms with Crippen LogP contribution in [0.25, 0.3) is 17.0 Å². The summed E-state index contributed by atoms with van der Waals surface area (Å²) in [4.78, 5) is 16.2. The topological polar surface area (TPSA) is 84.2 Å². The van der Waals surface area contributed by atoms with Crippen LogP contribution in [0.3, 0.4) is 0 Å². The quantitative estimate of drug-likeness (QED) is 0.537. The molecule has 1 fully saturated rings. The zero-order valence-corrected chi connectivity index (χ0v) is 17.5. The van der Waals surface area contributed by atoms with Crippen molar-refractivity contribution < 1.29 is 4.74 Å². The Bertz CT molecular complexity index is 1170. The summed E-state index contributed by atoms with van der Waals surface area (Å²) in [5, 5.41) is 7.67. The maximum absolute atomic E-state index is 6.21. The van der Waals surface area contributed by atoms with Crippen LogP contribution in [0.2, 0.25) is 5.02 Å². The number of ether oxygens (including phenoxy) is 1. The van der Waals surface area contributed by atoms with Gasteiger partial charge < -0.3 is 9.64 Å². The smallest absolute Gasteiger partial charge is 0.229 e. The van der Waals surface area contributed by atoms with E-state index in [0.29, 0.717) is 28.7 Å². The van der Waals surface area contributed by atoms with Gasteiger partial charge in [-0.05, 0) is 30.0 Å². The van der Waals surface area contributed by atoms with E-state index in [1.54, 1.807) is 13.3 Å². The molecule has 0 saturated carbocycles. The van der Waals surface area contributed by atoms with Gasteiger partial charge in [-0.1, -0.05) is 18.5 Å². The Morgan fingerprint density at radius 1 is 1.20 bits per heavy atom. The number of pyridine rings is 1. The van der Waals surface area contributed by atoms with Crippen molar-refractivity contribution in [1.29, 1.82) is 0 Å². The van der Waals surface area contributed by atoms with Gasteiger partial charge in [0.15, 0.2) is 0 Å². The molecule has 0 aromatic carbocycles. The second-order valence-corrected chi connectivity index (χ2v) is 8.23. The van der Waals surface area contributed by atoms with Gasteiger partial charge in [-0.25, -0.2) is 9.97 Å². The first kappa shape index (κ1) is 18.9. The number of rotatable bonds is 4. The zero-order chi connectivity index (χ0) is 20.7. The van der Waals surface area contributed by atoms with Gasteiger partial charge in [-0.3, -0.25) is 9.50 Å². The molecule has 0 unspecified atom stereocenters. The molecule has 5 heterocycles. The zero-order valence-electron chi connectivity index (χ0n) is 16.8. The Hall–Kier alpha value is -3.13. The molecule has 154 valence electrons. The van der Waals surface area contributed by atoms with Crippen LogP contribution >= 0.6 is 11.6 Å². The third-order valence-electron chi connectivity index (χ3n) is 5.57. The van der Waals surface area contributed by atoms with Gasteiger partial charge in [0.1, 0.15) is 5.65 Å². The van der Waals surface area contributed by atoms with E-state index in [1.807, 2.05) is 41.2 Å². The van der Waals surface area contributed by atoms with E-state index in [2.05, 4.69) is 32.0 Å². The number of fused-ring (bicyclic) bond motifs is 1. The summed E-state index contributed by atoms with van der Waals surface area (Å²) >= 11 is 6.21. The summed E-state index contributed by atoms with van der Waals surface area (Å²) in [6, 6.07) is 5.53. The van der Waals surface area contributed by atoms with Crippen molar-refractivity contribution in [1.82, 2.24) is 29.5 Å². The van der Waals surface area contributed by atoms with E-state index in [9.17, 15) is 0 Å². The monoisotopic (exact) mass is 423 g/mol. The summed E-state index contributed by atoms with van der Waals surface area (Å²) in [5.41, 5.74) is 3.60. The molecule has 1 aliphatic heterocycles. The Morgan fingerprint density at radius 3 is 2.90 bits per heavy atom.